The van der Waals surface area contributed by atoms with E-state index in [1.807, 2.05) is 0 Å². The molecule has 3 heteroatoms. The predicted molar refractivity (Wildman–Crippen MR) is 66.3 cm³/mol. The summed E-state index contributed by atoms with van der Waals surface area (Å²) in [4.78, 5) is 2.25. The van der Waals surface area contributed by atoms with Crippen molar-refractivity contribution in [3.63, 3.8) is 0 Å². The molecule has 0 aromatic heterocycles. The summed E-state index contributed by atoms with van der Waals surface area (Å²) >= 11 is 3.58. The molecule has 1 fully saturated rings. The molecule has 1 aromatic rings. The maximum atomic E-state index is 9.63. The molecule has 15 heavy (non-hydrogen) atoms. The molecule has 0 bridgehead atoms. The Morgan fingerprint density at radius 3 is 2.93 bits per heavy atom. The summed E-state index contributed by atoms with van der Waals surface area (Å²) in [6.07, 6.45) is 1.83. The van der Waals surface area contributed by atoms with E-state index in [1.165, 1.54) is 11.3 Å². The lowest BCUT2D eigenvalue weighted by Crippen LogP contribution is -2.38. The van der Waals surface area contributed by atoms with Crippen molar-refractivity contribution in [1.82, 2.24) is 0 Å². The number of hydrogen-bond acceptors (Lipinski definition) is 2. The Balaban J connectivity index is 2.21. The Hall–Kier alpha value is -0.540. The van der Waals surface area contributed by atoms with Crippen LogP contribution < -0.4 is 4.90 Å². The lowest BCUT2D eigenvalue weighted by Gasteiger charge is -2.32. The summed E-state index contributed by atoms with van der Waals surface area (Å²) in [6.45, 7) is 3.87. The van der Waals surface area contributed by atoms with E-state index in [0.717, 1.165) is 30.4 Å². The highest BCUT2D eigenvalue weighted by molar-refractivity contribution is 9.10. The van der Waals surface area contributed by atoms with Gasteiger partial charge in [0.1, 0.15) is 0 Å². The molecule has 2 nitrogen and oxygen atoms in total. The van der Waals surface area contributed by atoms with E-state index in [1.54, 1.807) is 0 Å². The van der Waals surface area contributed by atoms with Crippen LogP contribution in [0.2, 0.25) is 0 Å². The number of β-amino-alcohol motifs (C(OH)–C–C–N with tert-alkyl or cyclic N) is 1. The summed E-state index contributed by atoms with van der Waals surface area (Å²) in [6, 6.07) is 6.36. The minimum atomic E-state index is -0.174. The van der Waals surface area contributed by atoms with Crippen LogP contribution in [-0.4, -0.2) is 24.3 Å². The molecule has 1 aliphatic rings. The molecule has 0 spiro atoms. The molecule has 0 saturated carbocycles. The van der Waals surface area contributed by atoms with Gasteiger partial charge in [-0.15, -0.1) is 0 Å². The van der Waals surface area contributed by atoms with Gasteiger partial charge < -0.3 is 10.0 Å². The summed E-state index contributed by atoms with van der Waals surface area (Å²) < 4.78 is 1.12. The number of aliphatic hydroxyl groups is 1. The molecule has 2 rings (SSSR count). The van der Waals surface area contributed by atoms with Crippen LogP contribution in [0.25, 0.3) is 0 Å². The Morgan fingerprint density at radius 1 is 1.47 bits per heavy atom. The number of halogens is 1. The quantitative estimate of drug-likeness (QED) is 0.848. The molecule has 1 saturated heterocycles. The van der Waals surface area contributed by atoms with E-state index in [4.69, 9.17) is 0 Å². The molecule has 0 radical (unpaired) electrons. The number of benzene rings is 1. The van der Waals surface area contributed by atoms with Gasteiger partial charge in [0, 0.05) is 17.6 Å². The van der Waals surface area contributed by atoms with E-state index in [2.05, 4.69) is 46.0 Å². The maximum absolute atomic E-state index is 9.63. The van der Waals surface area contributed by atoms with E-state index in [-0.39, 0.29) is 6.10 Å². The third-order valence-electron chi connectivity index (χ3n) is 2.84. The minimum Gasteiger partial charge on any atom is -0.391 e. The van der Waals surface area contributed by atoms with Crippen LogP contribution in [0.5, 0.6) is 0 Å². The summed E-state index contributed by atoms with van der Waals surface area (Å²) in [5, 5.41) is 9.63. The molecule has 1 unspecified atom stereocenters. The molecule has 0 amide bonds. The summed E-state index contributed by atoms with van der Waals surface area (Å²) in [5.74, 6) is 0. The summed E-state index contributed by atoms with van der Waals surface area (Å²) in [5.41, 5.74) is 2.45. The second-order valence-electron chi connectivity index (χ2n) is 4.20. The first-order valence-electron chi connectivity index (χ1n) is 5.36. The van der Waals surface area contributed by atoms with Crippen molar-refractivity contribution in [3.05, 3.63) is 28.2 Å². The smallest absolute Gasteiger partial charge is 0.0715 e. The van der Waals surface area contributed by atoms with Crippen molar-refractivity contribution >= 4 is 21.6 Å². The van der Waals surface area contributed by atoms with Crippen LogP contribution >= 0.6 is 15.9 Å². The van der Waals surface area contributed by atoms with Crippen LogP contribution in [0.15, 0.2) is 22.7 Å². The maximum Gasteiger partial charge on any atom is 0.0715 e. The van der Waals surface area contributed by atoms with Gasteiger partial charge in [0.2, 0.25) is 0 Å². The molecule has 82 valence electrons. The van der Waals surface area contributed by atoms with Crippen LogP contribution in [0.3, 0.4) is 0 Å². The largest absolute Gasteiger partial charge is 0.391 e. The van der Waals surface area contributed by atoms with Crippen LogP contribution in [0.1, 0.15) is 18.4 Å². The fraction of sp³-hybridized carbons (Fsp3) is 0.500. The Labute approximate surface area is 99.0 Å². The summed E-state index contributed by atoms with van der Waals surface area (Å²) in [7, 11) is 0. The lowest BCUT2D eigenvalue weighted by molar-refractivity contribution is 0.154. The lowest BCUT2D eigenvalue weighted by atomic mass is 10.1. The second kappa shape index (κ2) is 4.54. The van der Waals surface area contributed by atoms with Crippen molar-refractivity contribution in [2.45, 2.75) is 25.9 Å². The molecule has 1 aliphatic heterocycles. The average Bonchev–Trinajstić information content (AvgIpc) is 2.17. The van der Waals surface area contributed by atoms with Gasteiger partial charge in [-0.25, -0.2) is 0 Å². The highest BCUT2D eigenvalue weighted by atomic mass is 79.9. The topological polar surface area (TPSA) is 23.5 Å². The Morgan fingerprint density at radius 2 is 2.27 bits per heavy atom. The molecule has 1 heterocycles. The number of piperidine rings is 1. The van der Waals surface area contributed by atoms with Gasteiger partial charge in [0.15, 0.2) is 0 Å². The normalized spacial score (nSPS) is 21.8. The highest BCUT2D eigenvalue weighted by Crippen LogP contribution is 2.29. The van der Waals surface area contributed by atoms with Gasteiger partial charge in [-0.1, -0.05) is 6.07 Å². The first-order valence-corrected chi connectivity index (χ1v) is 6.15. The molecule has 0 aliphatic carbocycles. The third kappa shape index (κ3) is 2.52. The van der Waals surface area contributed by atoms with E-state index >= 15 is 0 Å². The predicted octanol–water partition coefficient (Wildman–Crippen LogP) is 2.72. The number of rotatable bonds is 1. The first-order chi connectivity index (χ1) is 7.16. The van der Waals surface area contributed by atoms with E-state index < -0.39 is 0 Å². The highest BCUT2D eigenvalue weighted by Gasteiger charge is 2.19. The zero-order valence-electron chi connectivity index (χ0n) is 8.91. The van der Waals surface area contributed by atoms with Gasteiger partial charge in [-0.3, -0.25) is 0 Å². The van der Waals surface area contributed by atoms with Crippen molar-refractivity contribution in [1.29, 1.82) is 0 Å². The van der Waals surface area contributed by atoms with E-state index in [0.29, 0.717) is 0 Å². The van der Waals surface area contributed by atoms with Crippen molar-refractivity contribution in [2.75, 3.05) is 18.0 Å². The zero-order chi connectivity index (χ0) is 10.8. The fourth-order valence-electron chi connectivity index (χ4n) is 2.04. The molecule has 1 aromatic carbocycles. The first kappa shape index (κ1) is 11.0. The zero-order valence-corrected chi connectivity index (χ0v) is 10.5. The Bertz CT molecular complexity index is 353. The monoisotopic (exact) mass is 269 g/mol. The van der Waals surface area contributed by atoms with Crippen LogP contribution in [0, 0.1) is 6.92 Å². The standard InChI is InChI=1S/C12H16BrNO/c1-9-4-5-12(11(13)7-9)14-6-2-3-10(15)8-14/h4-5,7,10,15H,2-3,6,8H2,1H3. The third-order valence-corrected chi connectivity index (χ3v) is 3.48. The van der Waals surface area contributed by atoms with Gasteiger partial charge in [0.25, 0.3) is 0 Å². The SMILES string of the molecule is Cc1ccc(N2CCCC(O)C2)c(Br)c1. The average molecular weight is 270 g/mol. The number of hydrogen-bond donors (Lipinski definition) is 1. The number of nitrogens with zero attached hydrogens (tertiary/aromatic N) is 1. The van der Waals surface area contributed by atoms with Gasteiger partial charge >= 0.3 is 0 Å². The molecule has 1 atom stereocenters. The minimum absolute atomic E-state index is 0.174. The number of anilines is 1. The molecular weight excluding hydrogens is 254 g/mol. The van der Waals surface area contributed by atoms with Gasteiger partial charge in [0.05, 0.1) is 11.8 Å². The second-order valence-corrected chi connectivity index (χ2v) is 5.05. The molecular formula is C12H16BrNO. The molecule has 1 N–H and O–H groups in total. The fourth-order valence-corrected chi connectivity index (χ4v) is 2.79. The Kier molecular flexibility index (Phi) is 3.32. The van der Waals surface area contributed by atoms with Gasteiger partial charge in [-0.2, -0.15) is 0 Å². The van der Waals surface area contributed by atoms with E-state index in [9.17, 15) is 5.11 Å². The van der Waals surface area contributed by atoms with Crippen LogP contribution in [-0.2, 0) is 0 Å². The van der Waals surface area contributed by atoms with Gasteiger partial charge in [-0.05, 0) is 53.4 Å². The van der Waals surface area contributed by atoms with Crippen molar-refractivity contribution < 1.29 is 5.11 Å². The number of aliphatic hydroxyl groups excluding tert-OH is 1. The van der Waals surface area contributed by atoms with Crippen molar-refractivity contribution in [2.24, 2.45) is 0 Å². The van der Waals surface area contributed by atoms with Crippen LogP contribution in [0.4, 0.5) is 5.69 Å². The number of aryl methyl sites for hydroxylation is 1. The van der Waals surface area contributed by atoms with Crippen molar-refractivity contribution in [3.8, 4) is 0 Å².